The lowest BCUT2D eigenvalue weighted by Gasteiger charge is -2.10. The highest BCUT2D eigenvalue weighted by atomic mass is 79.9. The Bertz CT molecular complexity index is 638. The third kappa shape index (κ3) is 4.67. The first-order chi connectivity index (χ1) is 10.6. The molecule has 0 atom stereocenters. The van der Waals surface area contributed by atoms with Crippen molar-refractivity contribution < 1.29 is 0 Å². The first-order valence-electron chi connectivity index (χ1n) is 7.54. The molecule has 0 unspecified atom stereocenters. The van der Waals surface area contributed by atoms with Crippen LogP contribution in [-0.4, -0.2) is 29.8 Å². The minimum atomic E-state index is 0.913. The summed E-state index contributed by atoms with van der Waals surface area (Å²) >= 11 is 3.63. The van der Waals surface area contributed by atoms with Gasteiger partial charge in [-0.2, -0.15) is 0 Å². The van der Waals surface area contributed by atoms with Gasteiger partial charge in [-0.3, -0.25) is 4.98 Å². The Morgan fingerprint density at radius 1 is 1.23 bits per heavy atom. The van der Waals surface area contributed by atoms with E-state index in [1.165, 1.54) is 5.56 Å². The second kappa shape index (κ2) is 8.08. The van der Waals surface area contributed by atoms with Gasteiger partial charge in [0.25, 0.3) is 0 Å². The maximum atomic E-state index is 4.71. The number of aliphatic imine (C=N–C) groups is 1. The van der Waals surface area contributed by atoms with Gasteiger partial charge >= 0.3 is 0 Å². The lowest BCUT2D eigenvalue weighted by Crippen LogP contribution is -2.14. The van der Waals surface area contributed by atoms with Crippen LogP contribution in [0.1, 0.15) is 23.9 Å². The molecule has 1 heterocycles. The fourth-order valence-corrected chi connectivity index (χ4v) is 2.58. The van der Waals surface area contributed by atoms with Gasteiger partial charge in [-0.05, 0) is 54.2 Å². The standard InChI is InChI=1S/C18H22BrN3/c1-4-22(3)13-20-18-12-16(19)17(21-14(18)2)11-10-15-8-6-5-7-9-15/h5-9,12-13H,4,10-11H2,1-3H3. The van der Waals surface area contributed by atoms with Crippen molar-refractivity contribution in [3.63, 3.8) is 0 Å². The number of pyridine rings is 1. The number of hydrogen-bond donors (Lipinski definition) is 0. The summed E-state index contributed by atoms with van der Waals surface area (Å²) in [5.41, 5.74) is 4.30. The molecule has 0 radical (unpaired) electrons. The summed E-state index contributed by atoms with van der Waals surface area (Å²) < 4.78 is 1.03. The van der Waals surface area contributed by atoms with E-state index >= 15 is 0 Å². The lowest BCUT2D eigenvalue weighted by molar-refractivity contribution is 0.552. The maximum Gasteiger partial charge on any atom is 0.0910 e. The van der Waals surface area contributed by atoms with Crippen molar-refractivity contribution in [2.45, 2.75) is 26.7 Å². The van der Waals surface area contributed by atoms with Crippen LogP contribution in [0.4, 0.5) is 5.69 Å². The Labute approximate surface area is 141 Å². The van der Waals surface area contributed by atoms with E-state index < -0.39 is 0 Å². The normalized spacial score (nSPS) is 11.1. The van der Waals surface area contributed by atoms with Gasteiger partial charge in [0.2, 0.25) is 0 Å². The van der Waals surface area contributed by atoms with E-state index in [4.69, 9.17) is 4.98 Å². The van der Waals surface area contributed by atoms with Gasteiger partial charge in [0.05, 0.1) is 23.4 Å². The Morgan fingerprint density at radius 3 is 2.64 bits per heavy atom. The highest BCUT2D eigenvalue weighted by molar-refractivity contribution is 9.10. The molecule has 0 fully saturated rings. The van der Waals surface area contributed by atoms with Crippen LogP contribution in [0.5, 0.6) is 0 Å². The van der Waals surface area contributed by atoms with Crippen molar-refractivity contribution in [1.29, 1.82) is 0 Å². The molecule has 0 aliphatic rings. The van der Waals surface area contributed by atoms with Crippen LogP contribution in [0, 0.1) is 6.92 Å². The van der Waals surface area contributed by atoms with E-state index in [0.717, 1.165) is 40.9 Å². The highest BCUT2D eigenvalue weighted by Gasteiger charge is 2.07. The van der Waals surface area contributed by atoms with Gasteiger partial charge in [-0.15, -0.1) is 0 Å². The van der Waals surface area contributed by atoms with Crippen LogP contribution >= 0.6 is 15.9 Å². The van der Waals surface area contributed by atoms with Crippen molar-refractivity contribution in [2.75, 3.05) is 13.6 Å². The molecule has 0 aliphatic heterocycles. The minimum absolute atomic E-state index is 0.913. The molecule has 1 aromatic carbocycles. The van der Waals surface area contributed by atoms with Gasteiger partial charge in [0.15, 0.2) is 0 Å². The predicted octanol–water partition coefficient (Wildman–Crippen LogP) is 4.55. The minimum Gasteiger partial charge on any atom is -0.366 e. The number of halogens is 1. The highest BCUT2D eigenvalue weighted by Crippen LogP contribution is 2.25. The summed E-state index contributed by atoms with van der Waals surface area (Å²) in [5.74, 6) is 0. The lowest BCUT2D eigenvalue weighted by atomic mass is 10.1. The van der Waals surface area contributed by atoms with Gasteiger partial charge < -0.3 is 4.90 Å². The van der Waals surface area contributed by atoms with Crippen molar-refractivity contribution in [2.24, 2.45) is 4.99 Å². The molecule has 0 amide bonds. The second-order valence-corrected chi connectivity index (χ2v) is 6.18. The molecule has 0 spiro atoms. The number of benzene rings is 1. The Kier molecular flexibility index (Phi) is 6.13. The Morgan fingerprint density at radius 2 is 1.95 bits per heavy atom. The van der Waals surface area contributed by atoms with Crippen LogP contribution in [0.2, 0.25) is 0 Å². The SMILES string of the molecule is CCN(C)C=Nc1cc(Br)c(CCc2ccccc2)nc1C. The first-order valence-corrected chi connectivity index (χ1v) is 8.33. The molecule has 0 saturated heterocycles. The van der Waals surface area contributed by atoms with E-state index in [1.807, 2.05) is 31.3 Å². The molecular formula is C18H22BrN3. The average Bonchev–Trinajstić information content (AvgIpc) is 2.54. The summed E-state index contributed by atoms with van der Waals surface area (Å²) in [7, 11) is 2.01. The summed E-state index contributed by atoms with van der Waals surface area (Å²) in [4.78, 5) is 11.3. The van der Waals surface area contributed by atoms with Gasteiger partial charge in [-0.1, -0.05) is 30.3 Å². The quantitative estimate of drug-likeness (QED) is 0.559. The van der Waals surface area contributed by atoms with E-state index in [0.29, 0.717) is 0 Å². The van der Waals surface area contributed by atoms with Crippen LogP contribution < -0.4 is 0 Å². The number of aromatic nitrogens is 1. The van der Waals surface area contributed by atoms with Crippen LogP contribution in [0.3, 0.4) is 0 Å². The molecule has 2 rings (SSSR count). The topological polar surface area (TPSA) is 28.5 Å². The van der Waals surface area contributed by atoms with E-state index in [-0.39, 0.29) is 0 Å². The Balaban J connectivity index is 2.11. The third-order valence-corrected chi connectivity index (χ3v) is 4.29. The van der Waals surface area contributed by atoms with Crippen molar-refractivity contribution in [3.8, 4) is 0 Å². The molecule has 0 saturated carbocycles. The van der Waals surface area contributed by atoms with Gasteiger partial charge in [-0.25, -0.2) is 4.99 Å². The van der Waals surface area contributed by atoms with Crippen molar-refractivity contribution in [1.82, 2.24) is 9.88 Å². The summed E-state index contributed by atoms with van der Waals surface area (Å²) in [6.07, 6.45) is 3.76. The number of aryl methyl sites for hydroxylation is 3. The summed E-state index contributed by atoms with van der Waals surface area (Å²) in [6.45, 7) is 5.04. The van der Waals surface area contributed by atoms with E-state index in [2.05, 4.69) is 58.2 Å². The molecule has 22 heavy (non-hydrogen) atoms. The maximum absolute atomic E-state index is 4.71. The molecule has 0 aliphatic carbocycles. The van der Waals surface area contributed by atoms with E-state index in [9.17, 15) is 0 Å². The van der Waals surface area contributed by atoms with Crippen LogP contribution in [-0.2, 0) is 12.8 Å². The van der Waals surface area contributed by atoms with Gasteiger partial charge in [0.1, 0.15) is 0 Å². The second-order valence-electron chi connectivity index (χ2n) is 5.32. The molecule has 1 aromatic heterocycles. The molecule has 2 aromatic rings. The van der Waals surface area contributed by atoms with Gasteiger partial charge in [0, 0.05) is 18.1 Å². The predicted molar refractivity (Wildman–Crippen MR) is 97.0 cm³/mol. The van der Waals surface area contributed by atoms with Crippen LogP contribution in [0.15, 0.2) is 45.9 Å². The monoisotopic (exact) mass is 359 g/mol. The summed E-state index contributed by atoms with van der Waals surface area (Å²) in [5, 5.41) is 0. The molecule has 0 N–H and O–H groups in total. The summed E-state index contributed by atoms with van der Waals surface area (Å²) in [6, 6.07) is 12.6. The van der Waals surface area contributed by atoms with E-state index in [1.54, 1.807) is 0 Å². The first kappa shape index (κ1) is 16.7. The zero-order valence-corrected chi connectivity index (χ0v) is 15.0. The van der Waals surface area contributed by atoms with Crippen molar-refractivity contribution in [3.05, 3.63) is 57.8 Å². The fourth-order valence-electron chi connectivity index (χ4n) is 2.08. The zero-order chi connectivity index (χ0) is 15.9. The molecule has 116 valence electrons. The van der Waals surface area contributed by atoms with Crippen molar-refractivity contribution >= 4 is 28.0 Å². The molecule has 4 heteroatoms. The Hall–Kier alpha value is -1.68. The largest absolute Gasteiger partial charge is 0.366 e. The zero-order valence-electron chi connectivity index (χ0n) is 13.4. The molecule has 3 nitrogen and oxygen atoms in total. The number of hydrogen-bond acceptors (Lipinski definition) is 2. The average molecular weight is 360 g/mol. The number of nitrogens with zero attached hydrogens (tertiary/aromatic N) is 3. The smallest absolute Gasteiger partial charge is 0.0910 e. The third-order valence-electron chi connectivity index (χ3n) is 3.60. The fraction of sp³-hybridized carbons (Fsp3) is 0.333. The number of rotatable bonds is 6. The molecular weight excluding hydrogens is 338 g/mol. The molecule has 0 bridgehead atoms. The van der Waals surface area contributed by atoms with Crippen LogP contribution in [0.25, 0.3) is 0 Å².